The van der Waals surface area contributed by atoms with Gasteiger partial charge in [0.2, 0.25) is 0 Å². The first-order valence-corrected chi connectivity index (χ1v) is 10.1. The van der Waals surface area contributed by atoms with Gasteiger partial charge in [-0.1, -0.05) is 19.3 Å². The molecule has 1 aliphatic rings. The number of amides is 1. The molecular weight excluding hydrogens is 360 g/mol. The fourth-order valence-corrected chi connectivity index (χ4v) is 3.89. The number of rotatable bonds is 7. The predicted molar refractivity (Wildman–Crippen MR) is 107 cm³/mol. The van der Waals surface area contributed by atoms with Crippen LogP contribution in [-0.4, -0.2) is 27.3 Å². The van der Waals surface area contributed by atoms with Gasteiger partial charge in [-0.3, -0.25) is 9.89 Å². The molecule has 0 saturated heterocycles. The minimum atomic E-state index is -0.141. The highest BCUT2D eigenvalue weighted by Gasteiger charge is 2.14. The summed E-state index contributed by atoms with van der Waals surface area (Å²) >= 11 is 5.23. The van der Waals surface area contributed by atoms with E-state index >= 15 is 0 Å². The van der Waals surface area contributed by atoms with Crippen LogP contribution in [0, 0.1) is 10.7 Å². The Labute approximate surface area is 165 Å². The lowest BCUT2D eigenvalue weighted by molar-refractivity contribution is 0.0949. The Morgan fingerprint density at radius 2 is 2.00 bits per heavy atom. The van der Waals surface area contributed by atoms with Gasteiger partial charge in [0, 0.05) is 11.6 Å². The topological polar surface area (TPSA) is 71.9 Å². The highest BCUT2D eigenvalue weighted by atomic mass is 32.1. The Kier molecular flexibility index (Phi) is 6.66. The van der Waals surface area contributed by atoms with Crippen LogP contribution in [0.4, 0.5) is 0 Å². The van der Waals surface area contributed by atoms with Crippen molar-refractivity contribution in [3.8, 4) is 5.75 Å². The lowest BCUT2D eigenvalue weighted by Crippen LogP contribution is -2.25. The summed E-state index contributed by atoms with van der Waals surface area (Å²) in [6, 6.07) is 7.50. The molecule has 146 valence electrons. The van der Waals surface area contributed by atoms with Crippen LogP contribution in [0.15, 0.2) is 24.3 Å². The molecule has 2 aromatic rings. The zero-order valence-corrected chi connectivity index (χ0v) is 16.8. The molecular formula is C20H28N4O2S. The van der Waals surface area contributed by atoms with E-state index in [0.29, 0.717) is 22.8 Å². The Morgan fingerprint density at radius 1 is 1.30 bits per heavy atom. The number of ether oxygens (including phenoxy) is 1. The van der Waals surface area contributed by atoms with Crippen LogP contribution in [0.3, 0.4) is 0 Å². The Bertz CT molecular complexity index is 804. The molecule has 1 aromatic carbocycles. The molecule has 1 fully saturated rings. The summed E-state index contributed by atoms with van der Waals surface area (Å²) in [5, 5.41) is 9.87. The number of nitrogens with one attached hydrogen (secondary N) is 2. The smallest absolute Gasteiger partial charge is 0.251 e. The number of carbonyl (C=O) groups excluding carboxylic acids is 1. The fraction of sp³-hybridized carbons (Fsp3) is 0.550. The van der Waals surface area contributed by atoms with E-state index in [9.17, 15) is 4.79 Å². The van der Waals surface area contributed by atoms with Crippen LogP contribution in [0.1, 0.15) is 68.2 Å². The van der Waals surface area contributed by atoms with Gasteiger partial charge in [0.1, 0.15) is 5.75 Å². The zero-order valence-electron chi connectivity index (χ0n) is 16.0. The number of hydrogen-bond donors (Lipinski definition) is 2. The molecule has 0 bridgehead atoms. The van der Waals surface area contributed by atoms with Crippen molar-refractivity contribution in [1.29, 1.82) is 0 Å². The minimum Gasteiger partial charge on any atom is -0.493 e. The monoisotopic (exact) mass is 388 g/mol. The van der Waals surface area contributed by atoms with Crippen molar-refractivity contribution in [1.82, 2.24) is 20.1 Å². The van der Waals surface area contributed by atoms with Gasteiger partial charge in [0.15, 0.2) is 10.6 Å². The standard InChI is InChI=1S/C20H28N4O2S/c1-14(2)24-18(22-23-20(24)27)12-21-19(25)16-8-10-17(11-9-16)26-13-15-6-4-3-5-7-15/h8-11,14-15H,3-7,12-13H2,1-2H3,(H,21,25)(H,23,27). The van der Waals surface area contributed by atoms with Gasteiger partial charge in [-0.05, 0) is 69.1 Å². The summed E-state index contributed by atoms with van der Waals surface area (Å²) in [5.41, 5.74) is 0.602. The maximum Gasteiger partial charge on any atom is 0.251 e. The quantitative estimate of drug-likeness (QED) is 0.689. The number of aromatic amines is 1. The first kappa shape index (κ1) is 19.6. The SMILES string of the molecule is CC(C)n1c(CNC(=O)c2ccc(OCC3CCCCC3)cc2)n[nH]c1=S. The third-order valence-electron chi connectivity index (χ3n) is 5.03. The van der Waals surface area contributed by atoms with Crippen LogP contribution >= 0.6 is 12.2 Å². The fourth-order valence-electron chi connectivity index (χ4n) is 3.53. The minimum absolute atomic E-state index is 0.141. The molecule has 0 radical (unpaired) electrons. The molecule has 0 spiro atoms. The van der Waals surface area contributed by atoms with E-state index in [1.807, 2.05) is 30.5 Å². The molecule has 1 aliphatic carbocycles. The first-order chi connectivity index (χ1) is 13.0. The molecule has 6 nitrogen and oxygen atoms in total. The van der Waals surface area contributed by atoms with Gasteiger partial charge in [-0.15, -0.1) is 0 Å². The highest BCUT2D eigenvalue weighted by Crippen LogP contribution is 2.24. The van der Waals surface area contributed by atoms with Crippen molar-refractivity contribution >= 4 is 18.1 Å². The van der Waals surface area contributed by atoms with Crippen molar-refractivity contribution < 1.29 is 9.53 Å². The second-order valence-electron chi connectivity index (χ2n) is 7.43. The van der Waals surface area contributed by atoms with Crippen LogP contribution in [0.2, 0.25) is 0 Å². The molecule has 3 rings (SSSR count). The zero-order chi connectivity index (χ0) is 19.2. The van der Waals surface area contributed by atoms with E-state index in [2.05, 4.69) is 15.5 Å². The second kappa shape index (κ2) is 9.17. The summed E-state index contributed by atoms with van der Waals surface area (Å²) in [5.74, 6) is 2.06. The third kappa shape index (κ3) is 5.19. The highest BCUT2D eigenvalue weighted by molar-refractivity contribution is 7.71. The summed E-state index contributed by atoms with van der Waals surface area (Å²) in [4.78, 5) is 12.4. The third-order valence-corrected chi connectivity index (χ3v) is 5.32. The summed E-state index contributed by atoms with van der Waals surface area (Å²) in [6.07, 6.45) is 6.50. The summed E-state index contributed by atoms with van der Waals surface area (Å²) in [6.45, 7) is 5.15. The maximum absolute atomic E-state index is 12.4. The van der Waals surface area contributed by atoms with E-state index in [4.69, 9.17) is 17.0 Å². The lowest BCUT2D eigenvalue weighted by atomic mass is 9.90. The van der Waals surface area contributed by atoms with Gasteiger partial charge in [0.25, 0.3) is 5.91 Å². The van der Waals surface area contributed by atoms with Crippen LogP contribution < -0.4 is 10.1 Å². The maximum atomic E-state index is 12.4. The Balaban J connectivity index is 1.52. The lowest BCUT2D eigenvalue weighted by Gasteiger charge is -2.21. The van der Waals surface area contributed by atoms with Crippen molar-refractivity contribution in [2.75, 3.05) is 6.61 Å². The first-order valence-electron chi connectivity index (χ1n) is 9.71. The average molecular weight is 389 g/mol. The Hall–Kier alpha value is -2.15. The number of nitrogens with zero attached hydrogens (tertiary/aromatic N) is 2. The Morgan fingerprint density at radius 3 is 2.67 bits per heavy atom. The molecule has 0 atom stereocenters. The number of benzene rings is 1. The molecule has 1 heterocycles. The van der Waals surface area contributed by atoms with Gasteiger partial charge < -0.3 is 14.6 Å². The van der Waals surface area contributed by atoms with Crippen LogP contribution in [0.5, 0.6) is 5.75 Å². The molecule has 2 N–H and O–H groups in total. The van der Waals surface area contributed by atoms with E-state index in [1.165, 1.54) is 32.1 Å². The molecule has 1 saturated carbocycles. The van der Waals surface area contributed by atoms with E-state index in [1.54, 1.807) is 12.1 Å². The molecule has 0 unspecified atom stereocenters. The van der Waals surface area contributed by atoms with E-state index < -0.39 is 0 Å². The van der Waals surface area contributed by atoms with Crippen molar-refractivity contribution in [3.05, 3.63) is 40.4 Å². The van der Waals surface area contributed by atoms with Crippen LogP contribution in [-0.2, 0) is 6.54 Å². The van der Waals surface area contributed by atoms with Gasteiger partial charge in [-0.2, -0.15) is 5.10 Å². The molecule has 1 amide bonds. The number of hydrogen-bond acceptors (Lipinski definition) is 4. The normalized spacial score (nSPS) is 15.1. The van der Waals surface area contributed by atoms with E-state index in [-0.39, 0.29) is 11.9 Å². The average Bonchev–Trinajstić information content (AvgIpc) is 3.06. The van der Waals surface area contributed by atoms with Gasteiger partial charge in [-0.25, -0.2) is 0 Å². The van der Waals surface area contributed by atoms with Crippen molar-refractivity contribution in [2.24, 2.45) is 5.92 Å². The largest absolute Gasteiger partial charge is 0.493 e. The van der Waals surface area contributed by atoms with Crippen LogP contribution in [0.25, 0.3) is 0 Å². The number of H-pyrrole nitrogens is 1. The van der Waals surface area contributed by atoms with Crippen molar-refractivity contribution in [3.63, 3.8) is 0 Å². The second-order valence-corrected chi connectivity index (χ2v) is 7.82. The number of carbonyl (C=O) groups is 1. The van der Waals surface area contributed by atoms with Crippen molar-refractivity contribution in [2.45, 2.75) is 58.5 Å². The molecule has 0 aliphatic heterocycles. The van der Waals surface area contributed by atoms with E-state index in [0.717, 1.165) is 18.2 Å². The van der Waals surface area contributed by atoms with Gasteiger partial charge in [0.05, 0.1) is 13.2 Å². The molecule has 7 heteroatoms. The van der Waals surface area contributed by atoms with Gasteiger partial charge >= 0.3 is 0 Å². The summed E-state index contributed by atoms with van der Waals surface area (Å²) in [7, 11) is 0. The predicted octanol–water partition coefficient (Wildman–Crippen LogP) is 4.41. The molecule has 27 heavy (non-hydrogen) atoms. The number of aromatic nitrogens is 3. The molecule has 1 aromatic heterocycles. The summed E-state index contributed by atoms with van der Waals surface area (Å²) < 4.78 is 8.36.